The van der Waals surface area contributed by atoms with Gasteiger partial charge in [0.15, 0.2) is 0 Å². The third-order valence-electron chi connectivity index (χ3n) is 2.76. The molecule has 100 valence electrons. The van der Waals surface area contributed by atoms with Crippen LogP contribution in [0.2, 0.25) is 5.02 Å². The molecule has 0 radical (unpaired) electrons. The Morgan fingerprint density at radius 2 is 2.11 bits per heavy atom. The fraction of sp³-hybridized carbons (Fsp3) is 0.231. The highest BCUT2D eigenvalue weighted by molar-refractivity contribution is 6.30. The molecule has 1 aromatic heterocycles. The molecule has 1 amide bonds. The molecule has 0 spiro atoms. The van der Waals surface area contributed by atoms with Gasteiger partial charge >= 0.3 is 0 Å². The Kier molecular flexibility index (Phi) is 4.19. The van der Waals surface area contributed by atoms with E-state index in [1.54, 1.807) is 43.6 Å². The Morgan fingerprint density at radius 3 is 2.68 bits per heavy atom. The highest BCUT2D eigenvalue weighted by Crippen LogP contribution is 2.15. The maximum absolute atomic E-state index is 11.8. The van der Waals surface area contributed by atoms with Crippen LogP contribution < -0.4 is 5.32 Å². The van der Waals surface area contributed by atoms with Crippen LogP contribution in [0, 0.1) is 0 Å². The number of carbonyl (C=O) groups is 1. The number of aliphatic hydroxyl groups excluding tert-OH is 1. The van der Waals surface area contributed by atoms with Crippen molar-refractivity contribution in [1.82, 2.24) is 15.1 Å². The Balaban J connectivity index is 1.94. The van der Waals surface area contributed by atoms with Gasteiger partial charge in [0, 0.05) is 24.8 Å². The molecule has 0 saturated heterocycles. The van der Waals surface area contributed by atoms with E-state index >= 15 is 0 Å². The van der Waals surface area contributed by atoms with Gasteiger partial charge in [0.2, 0.25) is 0 Å². The predicted octanol–water partition coefficient (Wildman–Crippen LogP) is 1.54. The number of halogens is 1. The first-order valence-electron chi connectivity index (χ1n) is 5.77. The number of nitrogens with zero attached hydrogens (tertiary/aromatic N) is 2. The standard InChI is InChI=1S/C13H14ClN3O2/c1-17-11(6-7-16-17)13(19)15-8-12(18)9-2-4-10(14)5-3-9/h2-7,12,18H,8H2,1H3,(H,15,19). The lowest BCUT2D eigenvalue weighted by atomic mass is 10.1. The van der Waals surface area contributed by atoms with Gasteiger partial charge in [-0.3, -0.25) is 9.48 Å². The van der Waals surface area contributed by atoms with E-state index in [4.69, 9.17) is 11.6 Å². The summed E-state index contributed by atoms with van der Waals surface area (Å²) >= 11 is 5.77. The Morgan fingerprint density at radius 1 is 1.42 bits per heavy atom. The van der Waals surface area contributed by atoms with Crippen LogP contribution in [0.5, 0.6) is 0 Å². The molecule has 5 nitrogen and oxygen atoms in total. The van der Waals surface area contributed by atoms with Crippen molar-refractivity contribution >= 4 is 17.5 Å². The zero-order chi connectivity index (χ0) is 13.8. The number of aryl methyl sites for hydroxylation is 1. The zero-order valence-electron chi connectivity index (χ0n) is 10.4. The zero-order valence-corrected chi connectivity index (χ0v) is 11.1. The summed E-state index contributed by atoms with van der Waals surface area (Å²) in [5.74, 6) is -0.270. The maximum atomic E-state index is 11.8. The average molecular weight is 280 g/mol. The minimum atomic E-state index is -0.769. The number of amides is 1. The summed E-state index contributed by atoms with van der Waals surface area (Å²) < 4.78 is 1.48. The van der Waals surface area contributed by atoms with Crippen molar-refractivity contribution in [3.05, 3.63) is 52.8 Å². The Hall–Kier alpha value is -1.85. The first-order chi connectivity index (χ1) is 9.08. The molecule has 0 bridgehead atoms. The lowest BCUT2D eigenvalue weighted by Crippen LogP contribution is -2.29. The van der Waals surface area contributed by atoms with Crippen molar-refractivity contribution in [1.29, 1.82) is 0 Å². The number of nitrogens with one attached hydrogen (secondary N) is 1. The topological polar surface area (TPSA) is 67.2 Å². The molecule has 2 aromatic rings. The molecule has 6 heteroatoms. The molecule has 19 heavy (non-hydrogen) atoms. The van der Waals surface area contributed by atoms with E-state index in [1.807, 2.05) is 0 Å². The first kappa shape index (κ1) is 13.6. The quantitative estimate of drug-likeness (QED) is 0.892. The molecule has 1 heterocycles. The smallest absolute Gasteiger partial charge is 0.269 e. The lowest BCUT2D eigenvalue weighted by molar-refractivity contribution is 0.0907. The van der Waals surface area contributed by atoms with E-state index in [0.29, 0.717) is 16.3 Å². The second-order valence-electron chi connectivity index (χ2n) is 4.12. The van der Waals surface area contributed by atoms with Gasteiger partial charge in [-0.2, -0.15) is 5.10 Å². The van der Waals surface area contributed by atoms with Crippen LogP contribution in [0.4, 0.5) is 0 Å². The largest absolute Gasteiger partial charge is 0.387 e. The molecule has 0 aliphatic carbocycles. The molecular weight excluding hydrogens is 266 g/mol. The van der Waals surface area contributed by atoms with Gasteiger partial charge in [-0.15, -0.1) is 0 Å². The number of benzene rings is 1. The first-order valence-corrected chi connectivity index (χ1v) is 6.15. The van der Waals surface area contributed by atoms with Crippen LogP contribution in [0.25, 0.3) is 0 Å². The van der Waals surface area contributed by atoms with Crippen LogP contribution in [0.3, 0.4) is 0 Å². The second kappa shape index (κ2) is 5.86. The van der Waals surface area contributed by atoms with Gasteiger partial charge in [0.25, 0.3) is 5.91 Å². The lowest BCUT2D eigenvalue weighted by Gasteiger charge is -2.12. The van der Waals surface area contributed by atoms with E-state index in [-0.39, 0.29) is 12.5 Å². The van der Waals surface area contributed by atoms with E-state index in [0.717, 1.165) is 0 Å². The third-order valence-corrected chi connectivity index (χ3v) is 3.02. The summed E-state index contributed by atoms with van der Waals surface area (Å²) in [5.41, 5.74) is 1.15. The van der Waals surface area contributed by atoms with Gasteiger partial charge in [-0.25, -0.2) is 0 Å². The second-order valence-corrected chi connectivity index (χ2v) is 4.55. The number of aliphatic hydroxyl groups is 1. The van der Waals surface area contributed by atoms with Crippen molar-refractivity contribution in [2.45, 2.75) is 6.10 Å². The summed E-state index contributed by atoms with van der Waals surface area (Å²) in [6, 6.07) is 8.46. The number of hydrogen-bond acceptors (Lipinski definition) is 3. The number of carbonyl (C=O) groups excluding carboxylic acids is 1. The highest BCUT2D eigenvalue weighted by Gasteiger charge is 2.12. The summed E-state index contributed by atoms with van der Waals surface area (Å²) in [4.78, 5) is 11.8. The van der Waals surface area contributed by atoms with Crippen LogP contribution in [0.15, 0.2) is 36.5 Å². The SMILES string of the molecule is Cn1nccc1C(=O)NCC(O)c1ccc(Cl)cc1. The maximum Gasteiger partial charge on any atom is 0.269 e. The van der Waals surface area contributed by atoms with Crippen LogP contribution in [-0.2, 0) is 7.05 Å². The molecule has 2 rings (SSSR count). The average Bonchev–Trinajstić information content (AvgIpc) is 2.83. The summed E-state index contributed by atoms with van der Waals surface area (Å²) in [6.07, 6.45) is 0.777. The van der Waals surface area contributed by atoms with Gasteiger partial charge in [-0.05, 0) is 23.8 Å². The Labute approximate surface area is 115 Å². The number of rotatable bonds is 4. The van der Waals surface area contributed by atoms with Crippen LogP contribution >= 0.6 is 11.6 Å². The minimum Gasteiger partial charge on any atom is -0.387 e. The summed E-state index contributed by atoms with van der Waals surface area (Å²) in [5, 5.41) is 17.1. The van der Waals surface area contributed by atoms with Crippen molar-refractivity contribution in [3.63, 3.8) is 0 Å². The summed E-state index contributed by atoms with van der Waals surface area (Å²) in [7, 11) is 1.69. The fourth-order valence-corrected chi connectivity index (χ4v) is 1.81. The van der Waals surface area contributed by atoms with Crippen LogP contribution in [-0.4, -0.2) is 27.3 Å². The van der Waals surface area contributed by atoms with E-state index in [2.05, 4.69) is 10.4 Å². The third kappa shape index (κ3) is 3.33. The highest BCUT2D eigenvalue weighted by atomic mass is 35.5. The van der Waals surface area contributed by atoms with E-state index in [9.17, 15) is 9.90 Å². The molecule has 2 N–H and O–H groups in total. The van der Waals surface area contributed by atoms with Crippen molar-refractivity contribution in [2.75, 3.05) is 6.54 Å². The normalized spacial score (nSPS) is 12.2. The monoisotopic (exact) mass is 279 g/mol. The van der Waals surface area contributed by atoms with E-state index in [1.165, 1.54) is 4.68 Å². The Bertz CT molecular complexity index is 566. The molecule has 1 aromatic carbocycles. The molecule has 1 unspecified atom stereocenters. The summed E-state index contributed by atoms with van der Waals surface area (Å²) in [6.45, 7) is 0.131. The molecular formula is C13H14ClN3O2. The van der Waals surface area contributed by atoms with Gasteiger partial charge in [0.1, 0.15) is 5.69 Å². The molecule has 0 aliphatic rings. The molecule has 0 aliphatic heterocycles. The van der Waals surface area contributed by atoms with Gasteiger partial charge < -0.3 is 10.4 Å². The van der Waals surface area contributed by atoms with Gasteiger partial charge in [-0.1, -0.05) is 23.7 Å². The fourth-order valence-electron chi connectivity index (χ4n) is 1.68. The number of hydrogen-bond donors (Lipinski definition) is 2. The molecule has 0 saturated carbocycles. The van der Waals surface area contributed by atoms with Crippen molar-refractivity contribution in [2.24, 2.45) is 7.05 Å². The molecule has 0 fully saturated rings. The van der Waals surface area contributed by atoms with Crippen molar-refractivity contribution in [3.8, 4) is 0 Å². The minimum absolute atomic E-state index is 0.131. The van der Waals surface area contributed by atoms with Crippen LogP contribution in [0.1, 0.15) is 22.2 Å². The van der Waals surface area contributed by atoms with E-state index < -0.39 is 6.10 Å². The van der Waals surface area contributed by atoms with Gasteiger partial charge in [0.05, 0.1) is 6.10 Å². The van der Waals surface area contributed by atoms with Crippen molar-refractivity contribution < 1.29 is 9.90 Å². The number of aromatic nitrogens is 2. The molecule has 1 atom stereocenters. The predicted molar refractivity (Wildman–Crippen MR) is 72.0 cm³/mol.